The van der Waals surface area contributed by atoms with Gasteiger partial charge in [-0.15, -0.1) is 11.8 Å². The van der Waals surface area contributed by atoms with Crippen LogP contribution >= 0.6 is 11.8 Å². The Morgan fingerprint density at radius 2 is 2.00 bits per heavy atom. The van der Waals surface area contributed by atoms with Gasteiger partial charge in [-0.25, -0.2) is 0 Å². The highest BCUT2D eigenvalue weighted by molar-refractivity contribution is 8.02. The lowest BCUT2D eigenvalue weighted by atomic mass is 9.78. The molecule has 4 aliphatic heterocycles. The summed E-state index contributed by atoms with van der Waals surface area (Å²) in [6.07, 6.45) is 8.55. The first kappa shape index (κ1) is 20.5. The van der Waals surface area contributed by atoms with Crippen LogP contribution in [0.3, 0.4) is 0 Å². The number of fused-ring (bicyclic) bond motifs is 2. The normalized spacial score (nSPS) is 36.9. The molecule has 1 N–H and O–H groups in total. The maximum Gasteiger partial charge on any atom is 0.311 e. The minimum Gasteiger partial charge on any atom is -0.465 e. The van der Waals surface area contributed by atoms with Gasteiger partial charge in [0, 0.05) is 23.9 Å². The van der Waals surface area contributed by atoms with Crippen LogP contribution in [-0.2, 0) is 19.1 Å². The molecule has 1 unspecified atom stereocenters. The second-order valence-electron chi connectivity index (χ2n) is 9.00. The zero-order valence-corrected chi connectivity index (χ0v) is 17.9. The van der Waals surface area contributed by atoms with Gasteiger partial charge >= 0.3 is 5.97 Å². The van der Waals surface area contributed by atoms with E-state index in [1.54, 1.807) is 4.90 Å². The fourth-order valence-electron chi connectivity index (χ4n) is 5.06. The smallest absolute Gasteiger partial charge is 0.311 e. The lowest BCUT2D eigenvalue weighted by molar-refractivity contribution is -0.153. The van der Waals surface area contributed by atoms with Crippen molar-refractivity contribution in [2.45, 2.75) is 48.8 Å². The Morgan fingerprint density at radius 3 is 2.69 bits per heavy atom. The predicted octanol–water partition coefficient (Wildman–Crippen LogP) is 0.976. The van der Waals surface area contributed by atoms with Crippen molar-refractivity contribution < 1.29 is 24.2 Å². The maximum absolute atomic E-state index is 13.7. The predicted molar refractivity (Wildman–Crippen MR) is 109 cm³/mol. The minimum atomic E-state index is -0.841. The molecule has 5 atom stereocenters. The van der Waals surface area contributed by atoms with E-state index in [-0.39, 0.29) is 36.2 Å². The van der Waals surface area contributed by atoms with Crippen molar-refractivity contribution in [1.29, 1.82) is 0 Å². The fourth-order valence-corrected chi connectivity index (χ4v) is 7.06. The average molecular weight is 421 g/mol. The molecule has 4 aliphatic rings. The Labute approximate surface area is 175 Å². The summed E-state index contributed by atoms with van der Waals surface area (Å²) in [6.45, 7) is 6.49. The van der Waals surface area contributed by atoms with Crippen LogP contribution in [-0.4, -0.2) is 80.6 Å². The SMILES string of the molecule is CC(C)(C)N1CC=C[C@]23S[C@H]4C=CCCOC(=O)[C@H]4[C@H]2C(=O)N(CCO)C3C1=O. The number of carbonyl (C=O) groups is 3. The second-order valence-corrected chi connectivity index (χ2v) is 10.5. The lowest BCUT2D eigenvalue weighted by Crippen LogP contribution is -2.57. The number of rotatable bonds is 2. The molecule has 0 bridgehead atoms. The van der Waals surface area contributed by atoms with Crippen molar-refractivity contribution in [3.05, 3.63) is 24.3 Å². The topological polar surface area (TPSA) is 87.2 Å². The number of nitrogens with zero attached hydrogens (tertiary/aromatic N) is 2. The lowest BCUT2D eigenvalue weighted by Gasteiger charge is -2.40. The van der Waals surface area contributed by atoms with Crippen molar-refractivity contribution in [2.24, 2.45) is 11.8 Å². The first-order valence-electron chi connectivity index (χ1n) is 10.1. The third-order valence-electron chi connectivity index (χ3n) is 6.27. The van der Waals surface area contributed by atoms with Crippen LogP contribution < -0.4 is 0 Å². The van der Waals surface area contributed by atoms with E-state index in [9.17, 15) is 19.5 Å². The van der Waals surface area contributed by atoms with Gasteiger partial charge in [0.05, 0.1) is 29.8 Å². The summed E-state index contributed by atoms with van der Waals surface area (Å²) in [5.74, 6) is -2.06. The van der Waals surface area contributed by atoms with Crippen molar-refractivity contribution in [2.75, 3.05) is 26.3 Å². The number of β-amino-alcohol motifs (C(OH)–C–C–N with tert-alkyl or cyclic N) is 1. The Bertz CT molecular complexity index is 788. The number of hydrogen-bond donors (Lipinski definition) is 1. The summed E-state index contributed by atoms with van der Waals surface area (Å²) in [5, 5.41) is 9.38. The number of amides is 2. The van der Waals surface area contributed by atoms with E-state index in [0.29, 0.717) is 19.6 Å². The van der Waals surface area contributed by atoms with Crippen LogP contribution in [0, 0.1) is 11.8 Å². The molecule has 0 radical (unpaired) electrons. The van der Waals surface area contributed by atoms with Crippen LogP contribution in [0.4, 0.5) is 0 Å². The molecule has 4 rings (SSSR count). The van der Waals surface area contributed by atoms with E-state index in [1.807, 2.05) is 45.1 Å². The first-order chi connectivity index (χ1) is 13.7. The zero-order chi connectivity index (χ0) is 21.0. The van der Waals surface area contributed by atoms with Crippen LogP contribution in [0.2, 0.25) is 0 Å². The second kappa shape index (κ2) is 7.16. The standard InChI is InChI=1S/C21H28N2O5S/c1-20(2,3)23-9-6-8-21-15(17(25)22(10-11-24)16(21)18(23)26)14-13(29-21)7-4-5-12-28-19(14)27/h4,6-8,13-16,24H,5,9-12H2,1-3H3/t13-,14+,15-,16?,21-/m0/s1. The zero-order valence-electron chi connectivity index (χ0n) is 17.0. The largest absolute Gasteiger partial charge is 0.465 e. The fraction of sp³-hybridized carbons (Fsp3) is 0.667. The average Bonchev–Trinajstić information content (AvgIpc) is 2.99. The Hall–Kier alpha value is -1.80. The maximum atomic E-state index is 13.7. The van der Waals surface area contributed by atoms with Crippen molar-refractivity contribution in [3.8, 4) is 0 Å². The molecule has 0 aromatic carbocycles. The number of thioether (sulfide) groups is 1. The van der Waals surface area contributed by atoms with Crippen LogP contribution in [0.15, 0.2) is 24.3 Å². The molecule has 0 aromatic heterocycles. The van der Waals surface area contributed by atoms with E-state index >= 15 is 0 Å². The molecule has 2 amide bonds. The summed E-state index contributed by atoms with van der Waals surface area (Å²) < 4.78 is 4.57. The molecule has 158 valence electrons. The van der Waals surface area contributed by atoms with Gasteiger partial charge in [0.1, 0.15) is 6.04 Å². The van der Waals surface area contributed by atoms with E-state index in [0.717, 1.165) is 0 Å². The summed E-state index contributed by atoms with van der Waals surface area (Å²) in [6, 6.07) is -0.746. The summed E-state index contributed by atoms with van der Waals surface area (Å²) in [4.78, 5) is 43.4. The number of aliphatic hydroxyl groups is 1. The van der Waals surface area contributed by atoms with E-state index in [4.69, 9.17) is 4.74 Å². The number of ether oxygens (including phenoxy) is 1. The first-order valence-corrected chi connectivity index (χ1v) is 11.0. The molecule has 2 fully saturated rings. The molecule has 0 aliphatic carbocycles. The highest BCUT2D eigenvalue weighted by atomic mass is 32.2. The van der Waals surface area contributed by atoms with Crippen molar-refractivity contribution >= 4 is 29.5 Å². The molecule has 1 spiro atoms. The van der Waals surface area contributed by atoms with Gasteiger partial charge in [-0.05, 0) is 27.2 Å². The molecule has 0 saturated carbocycles. The quantitative estimate of drug-likeness (QED) is 0.529. The number of carbonyl (C=O) groups excluding carboxylic acids is 3. The number of aliphatic hydroxyl groups excluding tert-OH is 1. The van der Waals surface area contributed by atoms with Gasteiger partial charge in [-0.2, -0.15) is 0 Å². The molecule has 8 heteroatoms. The Balaban J connectivity index is 1.85. The molecule has 7 nitrogen and oxygen atoms in total. The van der Waals surface area contributed by atoms with Crippen LogP contribution in [0.1, 0.15) is 27.2 Å². The number of cyclic esters (lactones) is 1. The third-order valence-corrected chi connectivity index (χ3v) is 8.02. The molecule has 4 heterocycles. The molecule has 29 heavy (non-hydrogen) atoms. The van der Waals surface area contributed by atoms with Gasteiger partial charge in [0.15, 0.2) is 0 Å². The third kappa shape index (κ3) is 3.03. The summed E-state index contributed by atoms with van der Waals surface area (Å²) >= 11 is 1.52. The highest BCUT2D eigenvalue weighted by Gasteiger charge is 2.71. The number of esters is 1. The summed E-state index contributed by atoms with van der Waals surface area (Å²) in [7, 11) is 0. The van der Waals surface area contributed by atoms with Crippen LogP contribution in [0.25, 0.3) is 0 Å². The number of hydrogen-bond acceptors (Lipinski definition) is 6. The van der Waals surface area contributed by atoms with Gasteiger partial charge in [0.25, 0.3) is 0 Å². The molecular weight excluding hydrogens is 392 g/mol. The Morgan fingerprint density at radius 1 is 1.24 bits per heavy atom. The Kier molecular flexibility index (Phi) is 5.06. The molecule has 2 saturated heterocycles. The number of likely N-dealkylation sites (tertiary alicyclic amines) is 1. The van der Waals surface area contributed by atoms with E-state index in [1.165, 1.54) is 16.7 Å². The monoisotopic (exact) mass is 420 g/mol. The highest BCUT2D eigenvalue weighted by Crippen LogP contribution is 2.60. The van der Waals surface area contributed by atoms with Gasteiger partial charge in [-0.3, -0.25) is 14.4 Å². The van der Waals surface area contributed by atoms with Crippen molar-refractivity contribution in [1.82, 2.24) is 9.80 Å². The van der Waals surface area contributed by atoms with Gasteiger partial charge in [0.2, 0.25) is 11.8 Å². The summed E-state index contributed by atoms with van der Waals surface area (Å²) in [5.41, 5.74) is -0.414. The minimum absolute atomic E-state index is 0.0716. The van der Waals surface area contributed by atoms with Crippen molar-refractivity contribution in [3.63, 3.8) is 0 Å². The van der Waals surface area contributed by atoms with Gasteiger partial charge < -0.3 is 19.6 Å². The van der Waals surface area contributed by atoms with Crippen LogP contribution in [0.5, 0.6) is 0 Å². The molecular formula is C21H28N2O5S. The van der Waals surface area contributed by atoms with Gasteiger partial charge in [-0.1, -0.05) is 24.3 Å². The van der Waals surface area contributed by atoms with E-state index < -0.39 is 28.2 Å². The molecule has 0 aromatic rings. The van der Waals surface area contributed by atoms with E-state index in [2.05, 4.69) is 0 Å².